The molecule has 2 aromatic rings. The lowest BCUT2D eigenvalue weighted by molar-refractivity contribution is -0.906. The number of ether oxygens (including phenoxy) is 1. The van der Waals surface area contributed by atoms with Crippen LogP contribution in [-0.4, -0.2) is 50.3 Å². The van der Waals surface area contributed by atoms with E-state index in [-0.39, 0.29) is 11.8 Å². The van der Waals surface area contributed by atoms with Crippen LogP contribution in [0, 0.1) is 5.92 Å². The van der Waals surface area contributed by atoms with E-state index in [9.17, 15) is 4.79 Å². The summed E-state index contributed by atoms with van der Waals surface area (Å²) in [6.07, 6.45) is 5.59. The molecular weight excluding hydrogens is 382 g/mol. The topological polar surface area (TPSA) is 46.9 Å². The van der Waals surface area contributed by atoms with E-state index in [2.05, 4.69) is 0 Å². The average molecular weight is 409 g/mol. The molecule has 146 valence electrons. The molecule has 5 nitrogen and oxygen atoms in total. The number of nitrogens with zero attached hydrogens (tertiary/aromatic N) is 2. The first kappa shape index (κ1) is 19.1. The molecule has 4 rings (SSSR count). The SMILES string of the molecule is O=C(C1CCCCC1)N(CC[NH+]1CCOCC1)c1nc2ccc(Cl)cc2s1. The Hall–Kier alpha value is -1.21. The zero-order valence-corrected chi connectivity index (χ0v) is 17.2. The predicted molar refractivity (Wildman–Crippen MR) is 110 cm³/mol. The first-order valence-corrected chi connectivity index (χ1v) is 11.2. The van der Waals surface area contributed by atoms with Gasteiger partial charge in [-0.25, -0.2) is 4.98 Å². The number of carbonyl (C=O) groups excluding carboxylic acids is 1. The van der Waals surface area contributed by atoms with Crippen molar-refractivity contribution in [1.29, 1.82) is 0 Å². The Balaban J connectivity index is 1.56. The fraction of sp³-hybridized carbons (Fsp3) is 0.600. The van der Waals surface area contributed by atoms with Crippen LogP contribution in [0.1, 0.15) is 32.1 Å². The summed E-state index contributed by atoms with van der Waals surface area (Å²) in [4.78, 5) is 21.6. The third-order valence-electron chi connectivity index (χ3n) is 5.68. The summed E-state index contributed by atoms with van der Waals surface area (Å²) in [6.45, 7) is 5.32. The van der Waals surface area contributed by atoms with Crippen molar-refractivity contribution in [2.45, 2.75) is 32.1 Å². The molecule has 27 heavy (non-hydrogen) atoms. The molecule has 0 radical (unpaired) electrons. The lowest BCUT2D eigenvalue weighted by Gasteiger charge is -2.30. The summed E-state index contributed by atoms with van der Waals surface area (Å²) < 4.78 is 6.50. The molecule has 2 aliphatic rings. The van der Waals surface area contributed by atoms with Crippen LogP contribution in [0.25, 0.3) is 10.2 Å². The number of carbonyl (C=O) groups is 1. The second-order valence-electron chi connectivity index (χ2n) is 7.55. The first-order valence-electron chi connectivity index (χ1n) is 9.99. The number of quaternary nitrogens is 1. The molecule has 0 atom stereocenters. The van der Waals surface area contributed by atoms with Gasteiger partial charge in [0.2, 0.25) is 5.91 Å². The van der Waals surface area contributed by atoms with Crippen molar-refractivity contribution in [3.8, 4) is 0 Å². The Morgan fingerprint density at radius 3 is 2.81 bits per heavy atom. The maximum atomic E-state index is 13.3. The van der Waals surface area contributed by atoms with Crippen LogP contribution in [-0.2, 0) is 9.53 Å². The number of anilines is 1. The molecule has 1 N–H and O–H groups in total. The molecule has 7 heteroatoms. The fourth-order valence-electron chi connectivity index (χ4n) is 4.05. The van der Waals surface area contributed by atoms with Crippen LogP contribution in [0.4, 0.5) is 5.13 Å². The molecule has 0 bridgehead atoms. The number of hydrogen-bond acceptors (Lipinski definition) is 4. The fourth-order valence-corrected chi connectivity index (χ4v) is 5.32. The van der Waals surface area contributed by atoms with E-state index in [1.165, 1.54) is 11.3 Å². The number of benzene rings is 1. The standard InChI is InChI=1S/C20H26ClN3O2S/c21-16-6-7-17-18(14-16)27-20(22-17)24(9-8-23-10-12-26-13-11-23)19(25)15-4-2-1-3-5-15/h6-7,14-15H,1-5,8-13H2/p+1. The zero-order chi connectivity index (χ0) is 18.6. The summed E-state index contributed by atoms with van der Waals surface area (Å²) >= 11 is 7.71. The lowest BCUT2D eigenvalue weighted by atomic mass is 9.88. The molecule has 1 aromatic heterocycles. The number of amides is 1. The van der Waals surface area contributed by atoms with Gasteiger partial charge in [0.1, 0.15) is 13.1 Å². The van der Waals surface area contributed by atoms with Gasteiger partial charge in [-0.3, -0.25) is 9.69 Å². The Kier molecular flexibility index (Phi) is 6.28. The molecule has 1 aliphatic heterocycles. The number of fused-ring (bicyclic) bond motifs is 1. The minimum Gasteiger partial charge on any atom is -0.370 e. The van der Waals surface area contributed by atoms with Crippen molar-refractivity contribution in [3.63, 3.8) is 0 Å². The van der Waals surface area contributed by atoms with Crippen LogP contribution < -0.4 is 9.80 Å². The summed E-state index contributed by atoms with van der Waals surface area (Å²) in [5.41, 5.74) is 0.916. The number of nitrogens with one attached hydrogen (secondary N) is 1. The third-order valence-corrected chi connectivity index (χ3v) is 6.96. The van der Waals surface area contributed by atoms with E-state index in [1.807, 2.05) is 23.1 Å². The summed E-state index contributed by atoms with van der Waals surface area (Å²) in [7, 11) is 0. The molecule has 1 aromatic carbocycles. The molecule has 0 unspecified atom stereocenters. The van der Waals surface area contributed by atoms with Gasteiger partial charge in [0, 0.05) is 10.9 Å². The second kappa shape index (κ2) is 8.86. The number of thiazole rings is 1. The largest absolute Gasteiger partial charge is 0.370 e. The van der Waals surface area contributed by atoms with Crippen LogP contribution in [0.5, 0.6) is 0 Å². The van der Waals surface area contributed by atoms with E-state index in [1.54, 1.807) is 11.3 Å². The van der Waals surface area contributed by atoms with Crippen LogP contribution >= 0.6 is 22.9 Å². The highest BCUT2D eigenvalue weighted by molar-refractivity contribution is 7.22. The van der Waals surface area contributed by atoms with Gasteiger partial charge in [0.15, 0.2) is 5.13 Å². The third kappa shape index (κ3) is 4.62. The quantitative estimate of drug-likeness (QED) is 0.827. The van der Waals surface area contributed by atoms with Gasteiger partial charge in [-0.05, 0) is 31.0 Å². The minimum atomic E-state index is 0.147. The van der Waals surface area contributed by atoms with E-state index < -0.39 is 0 Å². The van der Waals surface area contributed by atoms with E-state index in [4.69, 9.17) is 21.3 Å². The Morgan fingerprint density at radius 1 is 1.26 bits per heavy atom. The molecule has 1 amide bonds. The lowest BCUT2D eigenvalue weighted by Crippen LogP contribution is -3.14. The summed E-state index contributed by atoms with van der Waals surface area (Å²) in [5, 5.41) is 1.52. The van der Waals surface area contributed by atoms with E-state index >= 15 is 0 Å². The molecule has 2 heterocycles. The highest BCUT2D eigenvalue weighted by Crippen LogP contribution is 2.33. The normalized spacial score (nSPS) is 19.4. The summed E-state index contributed by atoms with van der Waals surface area (Å²) in [6, 6.07) is 5.74. The van der Waals surface area contributed by atoms with Crippen molar-refractivity contribution in [3.05, 3.63) is 23.2 Å². The van der Waals surface area contributed by atoms with Gasteiger partial charge in [0.25, 0.3) is 0 Å². The van der Waals surface area contributed by atoms with Gasteiger partial charge in [-0.2, -0.15) is 0 Å². The van der Waals surface area contributed by atoms with E-state index in [0.717, 1.165) is 80.4 Å². The molecular formula is C20H27ClN3O2S+. The van der Waals surface area contributed by atoms with E-state index in [0.29, 0.717) is 5.02 Å². The van der Waals surface area contributed by atoms with Crippen molar-refractivity contribution >= 4 is 44.2 Å². The number of halogens is 1. The average Bonchev–Trinajstić information content (AvgIpc) is 3.12. The highest BCUT2D eigenvalue weighted by Gasteiger charge is 2.29. The number of hydrogen-bond donors (Lipinski definition) is 1. The second-order valence-corrected chi connectivity index (χ2v) is 8.99. The molecule has 0 spiro atoms. The van der Waals surface area contributed by atoms with Crippen LogP contribution in [0.3, 0.4) is 0 Å². The number of morpholine rings is 1. The molecule has 1 saturated heterocycles. The van der Waals surface area contributed by atoms with Gasteiger partial charge in [-0.1, -0.05) is 42.2 Å². The van der Waals surface area contributed by atoms with Gasteiger partial charge in [-0.15, -0.1) is 0 Å². The van der Waals surface area contributed by atoms with Crippen molar-refractivity contribution in [2.75, 3.05) is 44.3 Å². The van der Waals surface area contributed by atoms with Crippen molar-refractivity contribution < 1.29 is 14.4 Å². The first-order chi connectivity index (χ1) is 13.2. The Bertz CT molecular complexity index is 785. The Labute approximate surface area is 169 Å². The highest BCUT2D eigenvalue weighted by atomic mass is 35.5. The maximum Gasteiger partial charge on any atom is 0.232 e. The van der Waals surface area contributed by atoms with Crippen molar-refractivity contribution in [1.82, 2.24) is 4.98 Å². The zero-order valence-electron chi connectivity index (χ0n) is 15.6. The monoisotopic (exact) mass is 408 g/mol. The van der Waals surface area contributed by atoms with Gasteiger partial charge >= 0.3 is 0 Å². The smallest absolute Gasteiger partial charge is 0.232 e. The minimum absolute atomic E-state index is 0.147. The number of aromatic nitrogens is 1. The van der Waals surface area contributed by atoms with Crippen molar-refractivity contribution in [2.24, 2.45) is 5.92 Å². The van der Waals surface area contributed by atoms with Crippen LogP contribution in [0.15, 0.2) is 18.2 Å². The summed E-state index contributed by atoms with van der Waals surface area (Å²) in [5.74, 6) is 0.404. The van der Waals surface area contributed by atoms with Gasteiger partial charge < -0.3 is 9.64 Å². The predicted octanol–water partition coefficient (Wildman–Crippen LogP) is 2.78. The Morgan fingerprint density at radius 2 is 2.04 bits per heavy atom. The van der Waals surface area contributed by atoms with Crippen LogP contribution in [0.2, 0.25) is 5.02 Å². The number of rotatable bonds is 5. The molecule has 1 aliphatic carbocycles. The molecule has 1 saturated carbocycles. The van der Waals surface area contributed by atoms with Gasteiger partial charge in [0.05, 0.1) is 36.5 Å². The maximum absolute atomic E-state index is 13.3. The molecule has 2 fully saturated rings.